The molecule has 0 saturated carbocycles. The molecule has 4 fully saturated rings. The molecule has 10 nitrogen and oxygen atoms in total. The summed E-state index contributed by atoms with van der Waals surface area (Å²) in [4.78, 5) is 86.9. The summed E-state index contributed by atoms with van der Waals surface area (Å²) >= 11 is 0. The number of fused-ring (bicyclic) bond motifs is 10. The number of benzene rings is 2. The number of ketones is 2. The second-order valence-corrected chi connectivity index (χ2v) is 11.7. The minimum atomic E-state index is -0.799. The van der Waals surface area contributed by atoms with Gasteiger partial charge in [-0.05, 0) is 36.4 Å². The molecule has 6 aliphatic rings. The molecule has 0 spiro atoms. The molecule has 0 N–H and O–H groups in total. The van der Waals surface area contributed by atoms with Gasteiger partial charge in [-0.1, -0.05) is 48.6 Å². The number of imide groups is 2. The van der Waals surface area contributed by atoms with Crippen LogP contribution in [0.25, 0.3) is 0 Å². The topological polar surface area (TPSA) is 115 Å². The smallest absolute Gasteiger partial charge is 0.239 e. The highest BCUT2D eigenvalue weighted by Gasteiger charge is 2.66. The number of hydrogen-bond donors (Lipinski definition) is 0. The first-order chi connectivity index (χ1) is 20.4. The third kappa shape index (κ3) is 3.21. The van der Waals surface area contributed by atoms with Crippen molar-refractivity contribution in [3.05, 3.63) is 85.0 Å². The van der Waals surface area contributed by atoms with Crippen LogP contribution in [0.4, 0.5) is 11.4 Å². The van der Waals surface area contributed by atoms with E-state index in [1.165, 1.54) is 22.0 Å². The normalized spacial score (nSPS) is 35.1. The van der Waals surface area contributed by atoms with Crippen molar-refractivity contribution in [2.75, 3.05) is 22.9 Å². The first kappa shape index (κ1) is 25.2. The van der Waals surface area contributed by atoms with Crippen molar-refractivity contribution in [3.8, 4) is 0 Å². The van der Waals surface area contributed by atoms with Gasteiger partial charge in [-0.3, -0.25) is 38.6 Å². The minimum absolute atomic E-state index is 0.229. The Kier molecular flexibility index (Phi) is 5.38. The van der Waals surface area contributed by atoms with Crippen LogP contribution in [-0.2, 0) is 28.8 Å². The van der Waals surface area contributed by atoms with Gasteiger partial charge in [-0.15, -0.1) is 0 Å². The SMILES string of the molecule is O=C1C=CC2C3C(=O)N(c4ccccc4)C(=O)C3C1N2CCN1C2C=CC(=O)C1C1C(=O)N(c3ccccc3)C(=O)C12. The van der Waals surface area contributed by atoms with E-state index < -0.39 is 47.8 Å². The molecule has 4 amide bonds. The Balaban J connectivity index is 1.06. The number of carbonyl (C=O) groups excluding carboxylic acids is 6. The summed E-state index contributed by atoms with van der Waals surface area (Å²) < 4.78 is 0. The Morgan fingerprint density at radius 1 is 0.476 bits per heavy atom. The average molecular weight is 563 g/mol. The fourth-order valence-corrected chi connectivity index (χ4v) is 8.20. The van der Waals surface area contributed by atoms with Gasteiger partial charge in [0, 0.05) is 25.2 Å². The maximum atomic E-state index is 13.6. The highest BCUT2D eigenvalue weighted by molar-refractivity contribution is 6.25. The van der Waals surface area contributed by atoms with E-state index in [4.69, 9.17) is 0 Å². The van der Waals surface area contributed by atoms with E-state index in [0.29, 0.717) is 24.5 Å². The van der Waals surface area contributed by atoms with Crippen LogP contribution in [0, 0.1) is 23.7 Å². The van der Waals surface area contributed by atoms with Crippen LogP contribution >= 0.6 is 0 Å². The fourth-order valence-electron chi connectivity index (χ4n) is 8.20. The molecule has 10 heteroatoms. The molecule has 8 unspecified atom stereocenters. The number of rotatable bonds is 5. The van der Waals surface area contributed by atoms with E-state index in [2.05, 4.69) is 0 Å². The summed E-state index contributed by atoms with van der Waals surface area (Å²) in [5.41, 5.74) is 0.979. The summed E-state index contributed by atoms with van der Waals surface area (Å²) in [6.45, 7) is 0.589. The molecule has 2 aromatic rings. The molecule has 6 aliphatic heterocycles. The number of nitrogens with zero attached hydrogens (tertiary/aromatic N) is 4. The zero-order valence-electron chi connectivity index (χ0n) is 22.4. The lowest BCUT2D eigenvalue weighted by molar-refractivity contribution is -0.130. The first-order valence-electron chi connectivity index (χ1n) is 14.2. The van der Waals surface area contributed by atoms with E-state index in [0.717, 1.165) is 0 Å². The van der Waals surface area contributed by atoms with Crippen molar-refractivity contribution in [3.63, 3.8) is 0 Å². The van der Waals surface area contributed by atoms with Crippen molar-refractivity contribution in [2.24, 2.45) is 23.7 Å². The highest BCUT2D eigenvalue weighted by atomic mass is 16.2. The van der Waals surface area contributed by atoms with Gasteiger partial charge in [-0.2, -0.15) is 0 Å². The van der Waals surface area contributed by atoms with E-state index in [1.807, 2.05) is 9.80 Å². The Hall–Kier alpha value is -4.54. The maximum absolute atomic E-state index is 13.6. The molecule has 8 atom stereocenters. The molecule has 4 bridgehead atoms. The van der Waals surface area contributed by atoms with Gasteiger partial charge in [0.2, 0.25) is 23.6 Å². The van der Waals surface area contributed by atoms with Crippen LogP contribution in [0.5, 0.6) is 0 Å². The van der Waals surface area contributed by atoms with Gasteiger partial charge in [0.25, 0.3) is 0 Å². The molecular formula is C32H26N4O6. The lowest BCUT2D eigenvalue weighted by Crippen LogP contribution is -2.54. The third-order valence-electron chi connectivity index (χ3n) is 9.84. The fraction of sp³-hybridized carbons (Fsp3) is 0.312. The molecule has 0 radical (unpaired) electrons. The predicted octanol–water partition coefficient (Wildman–Crippen LogP) is 0.981. The Morgan fingerprint density at radius 3 is 1.21 bits per heavy atom. The van der Waals surface area contributed by atoms with Crippen molar-refractivity contribution < 1.29 is 28.8 Å². The molecule has 8 rings (SSSR count). The number of hydrogen-bond acceptors (Lipinski definition) is 8. The van der Waals surface area contributed by atoms with E-state index in [-0.39, 0.29) is 35.2 Å². The Labute approximate surface area is 240 Å². The Bertz CT molecular complexity index is 1510. The molecule has 210 valence electrons. The van der Waals surface area contributed by atoms with Crippen molar-refractivity contribution in [1.29, 1.82) is 0 Å². The molecule has 6 heterocycles. The number of para-hydroxylation sites is 2. The summed E-state index contributed by atoms with van der Waals surface area (Å²) in [6.07, 6.45) is 6.35. The van der Waals surface area contributed by atoms with Gasteiger partial charge in [-0.25, -0.2) is 9.80 Å². The quantitative estimate of drug-likeness (QED) is 0.496. The second-order valence-electron chi connectivity index (χ2n) is 11.7. The zero-order chi connectivity index (χ0) is 28.9. The lowest BCUT2D eigenvalue weighted by atomic mass is 9.90. The zero-order valence-corrected chi connectivity index (χ0v) is 22.4. The molecule has 4 saturated heterocycles. The van der Waals surface area contributed by atoms with E-state index in [9.17, 15) is 28.8 Å². The first-order valence-corrected chi connectivity index (χ1v) is 14.2. The van der Waals surface area contributed by atoms with Gasteiger partial charge in [0.05, 0.1) is 47.1 Å². The van der Waals surface area contributed by atoms with Crippen LogP contribution in [0.15, 0.2) is 85.0 Å². The van der Waals surface area contributed by atoms with Crippen LogP contribution < -0.4 is 9.80 Å². The van der Waals surface area contributed by atoms with Crippen molar-refractivity contribution in [2.45, 2.75) is 24.2 Å². The maximum Gasteiger partial charge on any atom is 0.239 e. The molecule has 42 heavy (non-hydrogen) atoms. The van der Waals surface area contributed by atoms with Crippen LogP contribution in [-0.4, -0.2) is 82.3 Å². The number of anilines is 2. The number of amides is 4. The standard InChI is InChI=1S/C32H26N4O6/c37-21-13-11-19-23-25(31(41)35(29(23)39)17-7-3-1-4-8-17)27(21)33(19)15-16-34-20-12-14-22(38)28(34)26-24(20)30(40)36(32(26)42)18-9-5-2-6-10-18/h1-14,19-20,23-28H,15-16H2. The molecule has 0 aromatic heterocycles. The van der Waals surface area contributed by atoms with Crippen molar-refractivity contribution in [1.82, 2.24) is 9.80 Å². The van der Waals surface area contributed by atoms with Crippen LogP contribution in [0.2, 0.25) is 0 Å². The van der Waals surface area contributed by atoms with E-state index >= 15 is 0 Å². The van der Waals surface area contributed by atoms with Crippen molar-refractivity contribution >= 4 is 46.6 Å². The third-order valence-corrected chi connectivity index (χ3v) is 9.84. The molecule has 2 aromatic carbocycles. The van der Waals surface area contributed by atoms with Crippen LogP contribution in [0.3, 0.4) is 0 Å². The van der Waals surface area contributed by atoms with Gasteiger partial charge in [0.15, 0.2) is 11.6 Å². The highest BCUT2D eigenvalue weighted by Crippen LogP contribution is 2.49. The Morgan fingerprint density at radius 2 is 0.833 bits per heavy atom. The summed E-state index contributed by atoms with van der Waals surface area (Å²) in [5, 5.41) is 0. The largest absolute Gasteiger partial charge is 0.293 e. The van der Waals surface area contributed by atoms with Gasteiger partial charge >= 0.3 is 0 Å². The molecule has 0 aliphatic carbocycles. The number of carbonyl (C=O) groups is 6. The van der Waals surface area contributed by atoms with Crippen LogP contribution in [0.1, 0.15) is 0 Å². The van der Waals surface area contributed by atoms with E-state index in [1.54, 1.807) is 72.8 Å². The second kappa shape index (κ2) is 8.98. The summed E-state index contributed by atoms with van der Waals surface area (Å²) in [7, 11) is 0. The monoisotopic (exact) mass is 562 g/mol. The average Bonchev–Trinajstić information content (AvgIpc) is 3.59. The molecular weight excluding hydrogens is 536 g/mol. The minimum Gasteiger partial charge on any atom is -0.293 e. The van der Waals surface area contributed by atoms with Gasteiger partial charge < -0.3 is 0 Å². The summed E-state index contributed by atoms with van der Waals surface area (Å²) in [6, 6.07) is 15.0. The summed E-state index contributed by atoms with van der Waals surface area (Å²) in [5.74, 6) is -4.84. The van der Waals surface area contributed by atoms with Gasteiger partial charge in [0.1, 0.15) is 0 Å². The lowest BCUT2D eigenvalue weighted by Gasteiger charge is -2.38. The predicted molar refractivity (Wildman–Crippen MR) is 149 cm³/mol.